The lowest BCUT2D eigenvalue weighted by Gasteiger charge is -2.37. The van der Waals surface area contributed by atoms with Crippen molar-refractivity contribution in [1.29, 1.82) is 0 Å². The first-order valence-corrected chi connectivity index (χ1v) is 9.96. The second-order valence-electron chi connectivity index (χ2n) is 7.91. The Morgan fingerprint density at radius 3 is 2.42 bits per heavy atom. The van der Waals surface area contributed by atoms with Crippen LogP contribution in [0.4, 0.5) is 0 Å². The molecule has 3 rings (SSSR count). The summed E-state index contributed by atoms with van der Waals surface area (Å²) in [5.41, 5.74) is 1.73. The van der Waals surface area contributed by atoms with Crippen molar-refractivity contribution in [2.24, 2.45) is 10.9 Å². The van der Waals surface area contributed by atoms with Gasteiger partial charge in [-0.1, -0.05) is 44.2 Å². The molecule has 0 amide bonds. The first kappa shape index (κ1) is 19.2. The number of nitrogens with zero attached hydrogens (tertiary/aromatic N) is 2. The lowest BCUT2D eigenvalue weighted by atomic mass is 9.96. The summed E-state index contributed by atoms with van der Waals surface area (Å²) in [6, 6.07) is 11.4. The van der Waals surface area contributed by atoms with Crippen molar-refractivity contribution < 1.29 is 4.74 Å². The van der Waals surface area contributed by atoms with Gasteiger partial charge in [0.15, 0.2) is 5.96 Å². The van der Waals surface area contributed by atoms with Crippen molar-refractivity contribution in [3.05, 3.63) is 35.9 Å². The largest absolute Gasteiger partial charge is 0.379 e. The molecule has 0 bridgehead atoms. The number of benzene rings is 1. The molecule has 0 radical (unpaired) electrons. The Morgan fingerprint density at radius 2 is 1.85 bits per heavy atom. The molecule has 0 aromatic heterocycles. The number of aliphatic imine (C=N–C) groups is 1. The minimum Gasteiger partial charge on any atom is -0.379 e. The molecule has 1 saturated carbocycles. The Bertz CT molecular complexity index is 577. The van der Waals surface area contributed by atoms with Crippen molar-refractivity contribution >= 4 is 5.96 Å². The maximum absolute atomic E-state index is 5.50. The Balaban J connectivity index is 1.51. The van der Waals surface area contributed by atoms with Gasteiger partial charge in [-0.3, -0.25) is 9.89 Å². The predicted octanol–water partition coefficient (Wildman–Crippen LogP) is 2.24. The van der Waals surface area contributed by atoms with Crippen LogP contribution in [0.3, 0.4) is 0 Å². The van der Waals surface area contributed by atoms with E-state index in [1.807, 2.05) is 7.05 Å². The van der Waals surface area contributed by atoms with Gasteiger partial charge in [0, 0.05) is 44.7 Å². The molecule has 2 N–H and O–H groups in total. The number of hydrogen-bond acceptors (Lipinski definition) is 3. The standard InChI is InChI=1S/C21H34N4O/c1-17(2)19(25-11-13-26-14-12-25)15-23-20(22-3)24-16-21(9-10-21)18-7-5-4-6-8-18/h4-8,17,19H,9-16H2,1-3H3,(H2,22,23,24). The number of guanidine groups is 1. The van der Waals surface area contributed by atoms with Gasteiger partial charge in [-0.05, 0) is 24.3 Å². The third-order valence-corrected chi connectivity index (χ3v) is 5.82. The molecule has 2 fully saturated rings. The fraction of sp³-hybridized carbons (Fsp3) is 0.667. The zero-order valence-electron chi connectivity index (χ0n) is 16.5. The van der Waals surface area contributed by atoms with Crippen LogP contribution in [0.15, 0.2) is 35.3 Å². The van der Waals surface area contributed by atoms with E-state index in [0.29, 0.717) is 17.4 Å². The summed E-state index contributed by atoms with van der Waals surface area (Å²) in [6.07, 6.45) is 2.51. The molecule has 1 aromatic carbocycles. The minimum absolute atomic E-state index is 0.292. The van der Waals surface area contributed by atoms with Gasteiger partial charge >= 0.3 is 0 Å². The Hall–Kier alpha value is -1.59. The maximum atomic E-state index is 5.50. The molecule has 1 saturated heterocycles. The molecule has 2 aliphatic rings. The van der Waals surface area contributed by atoms with Crippen molar-refractivity contribution in [3.63, 3.8) is 0 Å². The second kappa shape index (κ2) is 8.87. The van der Waals surface area contributed by atoms with Crippen molar-refractivity contribution in [1.82, 2.24) is 15.5 Å². The Morgan fingerprint density at radius 1 is 1.15 bits per heavy atom. The maximum Gasteiger partial charge on any atom is 0.191 e. The second-order valence-corrected chi connectivity index (χ2v) is 7.91. The predicted molar refractivity (Wildman–Crippen MR) is 108 cm³/mol. The van der Waals surface area contributed by atoms with Crippen LogP contribution in [0.5, 0.6) is 0 Å². The summed E-state index contributed by atoms with van der Waals surface area (Å²) >= 11 is 0. The van der Waals surface area contributed by atoms with E-state index in [9.17, 15) is 0 Å². The highest BCUT2D eigenvalue weighted by atomic mass is 16.5. The smallest absolute Gasteiger partial charge is 0.191 e. The van der Waals surface area contributed by atoms with Crippen molar-refractivity contribution in [2.75, 3.05) is 46.4 Å². The molecule has 144 valence electrons. The van der Waals surface area contributed by atoms with Gasteiger partial charge in [0.2, 0.25) is 0 Å². The molecule has 1 heterocycles. The summed E-state index contributed by atoms with van der Waals surface area (Å²) < 4.78 is 5.50. The van der Waals surface area contributed by atoms with Crippen molar-refractivity contribution in [2.45, 2.75) is 38.1 Å². The van der Waals surface area contributed by atoms with Gasteiger partial charge in [-0.25, -0.2) is 0 Å². The topological polar surface area (TPSA) is 48.9 Å². The number of rotatable bonds is 7. The molecule has 26 heavy (non-hydrogen) atoms. The summed E-state index contributed by atoms with van der Waals surface area (Å²) in [7, 11) is 1.86. The molecule has 1 atom stereocenters. The van der Waals surface area contributed by atoms with E-state index < -0.39 is 0 Å². The molecule has 1 aromatic rings. The molecular weight excluding hydrogens is 324 g/mol. The van der Waals surface area contributed by atoms with Crippen LogP contribution in [0, 0.1) is 5.92 Å². The number of nitrogens with one attached hydrogen (secondary N) is 2. The van der Waals surface area contributed by atoms with Gasteiger partial charge in [-0.15, -0.1) is 0 Å². The monoisotopic (exact) mass is 358 g/mol. The van der Waals surface area contributed by atoms with Crippen LogP contribution in [-0.2, 0) is 10.2 Å². The number of ether oxygens (including phenoxy) is 1. The minimum atomic E-state index is 0.292. The SMILES string of the molecule is CN=C(NCC(C(C)C)N1CCOCC1)NCC1(c2ccccc2)CC1. The zero-order valence-corrected chi connectivity index (χ0v) is 16.5. The molecule has 0 spiro atoms. The molecule has 5 heteroatoms. The molecule has 1 aliphatic carbocycles. The summed E-state index contributed by atoms with van der Waals surface area (Å²) in [5.74, 6) is 1.50. The molecule has 5 nitrogen and oxygen atoms in total. The molecule has 1 aliphatic heterocycles. The van der Waals surface area contributed by atoms with E-state index in [0.717, 1.165) is 45.4 Å². The van der Waals surface area contributed by atoms with Crippen LogP contribution < -0.4 is 10.6 Å². The third-order valence-electron chi connectivity index (χ3n) is 5.82. The van der Waals surface area contributed by atoms with Crippen molar-refractivity contribution in [3.8, 4) is 0 Å². The van der Waals surface area contributed by atoms with E-state index in [4.69, 9.17) is 4.74 Å². The Labute approximate surface area is 158 Å². The number of morpholine rings is 1. The highest BCUT2D eigenvalue weighted by Crippen LogP contribution is 2.47. The highest BCUT2D eigenvalue weighted by molar-refractivity contribution is 5.79. The first-order valence-electron chi connectivity index (χ1n) is 9.96. The zero-order chi connectivity index (χ0) is 18.4. The quantitative estimate of drug-likeness (QED) is 0.580. The summed E-state index contributed by atoms with van der Waals surface area (Å²) in [6.45, 7) is 10.2. The van der Waals surface area contributed by atoms with E-state index in [-0.39, 0.29) is 0 Å². The van der Waals surface area contributed by atoms with Gasteiger partial charge in [0.25, 0.3) is 0 Å². The lowest BCUT2D eigenvalue weighted by Crippen LogP contribution is -2.53. The van der Waals surface area contributed by atoms with Gasteiger partial charge < -0.3 is 15.4 Å². The normalized spacial score (nSPS) is 21.5. The summed E-state index contributed by atoms with van der Waals surface area (Å²) in [5, 5.41) is 7.12. The third kappa shape index (κ3) is 4.77. The number of hydrogen-bond donors (Lipinski definition) is 2. The van der Waals surface area contributed by atoms with Crippen LogP contribution in [0.1, 0.15) is 32.3 Å². The van der Waals surface area contributed by atoms with Crippen LogP contribution in [0.2, 0.25) is 0 Å². The van der Waals surface area contributed by atoms with E-state index >= 15 is 0 Å². The van der Waals surface area contributed by atoms with Gasteiger partial charge in [0.1, 0.15) is 0 Å². The summed E-state index contributed by atoms with van der Waals surface area (Å²) in [4.78, 5) is 6.98. The van der Waals surface area contributed by atoms with Gasteiger partial charge in [-0.2, -0.15) is 0 Å². The van der Waals surface area contributed by atoms with Crippen LogP contribution >= 0.6 is 0 Å². The Kier molecular flexibility index (Phi) is 6.54. The average molecular weight is 359 g/mol. The van der Waals surface area contributed by atoms with E-state index in [2.05, 4.69) is 64.7 Å². The average Bonchev–Trinajstić information content (AvgIpc) is 3.47. The van der Waals surface area contributed by atoms with Crippen LogP contribution in [0.25, 0.3) is 0 Å². The lowest BCUT2D eigenvalue weighted by molar-refractivity contribution is 0.00752. The first-order chi connectivity index (χ1) is 12.6. The molecular formula is C21H34N4O. The highest BCUT2D eigenvalue weighted by Gasteiger charge is 2.44. The fourth-order valence-corrected chi connectivity index (χ4v) is 3.88. The van der Waals surface area contributed by atoms with Gasteiger partial charge in [0.05, 0.1) is 13.2 Å². The van der Waals surface area contributed by atoms with E-state index in [1.165, 1.54) is 18.4 Å². The molecule has 1 unspecified atom stereocenters. The fourth-order valence-electron chi connectivity index (χ4n) is 3.88. The van der Waals surface area contributed by atoms with Crippen LogP contribution in [-0.4, -0.2) is 63.3 Å². The van der Waals surface area contributed by atoms with E-state index in [1.54, 1.807) is 0 Å².